The predicted molar refractivity (Wildman–Crippen MR) is 69.0 cm³/mol. The molecular formula is C12H24N2O2S. The Bertz CT molecular complexity index is 367. The molecule has 0 bridgehead atoms. The molecule has 0 amide bonds. The van der Waals surface area contributed by atoms with E-state index < -0.39 is 10.0 Å². The topological polar surface area (TPSA) is 63.4 Å². The Morgan fingerprint density at radius 1 is 1.29 bits per heavy atom. The van der Waals surface area contributed by atoms with Gasteiger partial charge in [0.25, 0.3) is 0 Å². The van der Waals surface area contributed by atoms with Crippen molar-refractivity contribution in [3.8, 4) is 0 Å². The van der Waals surface area contributed by atoms with Gasteiger partial charge in [-0.3, -0.25) is 0 Å². The van der Waals surface area contributed by atoms with Gasteiger partial charge >= 0.3 is 0 Å². The van der Waals surface area contributed by atoms with Crippen LogP contribution in [0.15, 0.2) is 0 Å². The van der Waals surface area contributed by atoms with Gasteiger partial charge in [-0.15, -0.1) is 0 Å². The maximum absolute atomic E-state index is 12.2. The van der Waals surface area contributed by atoms with Crippen molar-refractivity contribution in [2.24, 2.45) is 23.5 Å². The summed E-state index contributed by atoms with van der Waals surface area (Å²) >= 11 is 0. The lowest BCUT2D eigenvalue weighted by Gasteiger charge is -2.19. The van der Waals surface area contributed by atoms with E-state index >= 15 is 0 Å². The minimum atomic E-state index is -3.04. The Balaban J connectivity index is 1.96. The quantitative estimate of drug-likeness (QED) is 0.821. The summed E-state index contributed by atoms with van der Waals surface area (Å²) in [6, 6.07) is 0.213. The van der Waals surface area contributed by atoms with Gasteiger partial charge in [0.1, 0.15) is 0 Å². The van der Waals surface area contributed by atoms with Gasteiger partial charge in [-0.2, -0.15) is 0 Å². The van der Waals surface area contributed by atoms with Crippen LogP contribution in [0.5, 0.6) is 0 Å². The molecule has 1 saturated heterocycles. The van der Waals surface area contributed by atoms with E-state index in [1.54, 1.807) is 4.31 Å². The van der Waals surface area contributed by atoms with E-state index in [4.69, 9.17) is 5.73 Å². The smallest absolute Gasteiger partial charge is 0.214 e. The van der Waals surface area contributed by atoms with Gasteiger partial charge in [0.05, 0.1) is 5.75 Å². The molecule has 0 aromatic carbocycles. The molecule has 3 atom stereocenters. The minimum absolute atomic E-state index is 0.213. The highest BCUT2D eigenvalue weighted by Crippen LogP contribution is 2.38. The van der Waals surface area contributed by atoms with Crippen LogP contribution in [0, 0.1) is 17.8 Å². The van der Waals surface area contributed by atoms with Crippen molar-refractivity contribution in [3.05, 3.63) is 0 Å². The molecule has 1 aliphatic heterocycles. The fourth-order valence-electron chi connectivity index (χ4n) is 3.01. The van der Waals surface area contributed by atoms with Crippen LogP contribution >= 0.6 is 0 Å². The first-order valence-corrected chi connectivity index (χ1v) is 8.24. The lowest BCUT2D eigenvalue weighted by atomic mass is 9.98. The molecule has 2 fully saturated rings. The lowest BCUT2D eigenvalue weighted by molar-refractivity contribution is 0.424. The number of hydrogen-bond acceptors (Lipinski definition) is 3. The molecule has 5 heteroatoms. The summed E-state index contributed by atoms with van der Waals surface area (Å²) in [7, 11) is -3.04. The molecule has 0 aromatic rings. The molecule has 2 aliphatic rings. The summed E-state index contributed by atoms with van der Waals surface area (Å²) in [4.78, 5) is 0. The Hall–Kier alpha value is -0.130. The van der Waals surface area contributed by atoms with Crippen LogP contribution in [-0.4, -0.2) is 37.6 Å². The van der Waals surface area contributed by atoms with Crippen molar-refractivity contribution >= 4 is 10.0 Å². The highest BCUT2D eigenvalue weighted by molar-refractivity contribution is 7.89. The highest BCUT2D eigenvalue weighted by atomic mass is 32.2. The van der Waals surface area contributed by atoms with E-state index in [2.05, 4.69) is 13.8 Å². The fourth-order valence-corrected chi connectivity index (χ4v) is 4.85. The van der Waals surface area contributed by atoms with Crippen molar-refractivity contribution in [1.29, 1.82) is 0 Å². The van der Waals surface area contributed by atoms with Crippen LogP contribution in [0.3, 0.4) is 0 Å². The summed E-state index contributed by atoms with van der Waals surface area (Å²) in [5, 5.41) is 0. The van der Waals surface area contributed by atoms with Crippen LogP contribution in [0.4, 0.5) is 0 Å². The standard InChI is InChI=1S/C12H24N2O2S/c1-9(2)5-6-17(15,16)14-7-10-3-4-12(13)11(10)8-14/h9-12H,3-8,13H2,1-2H3. The molecule has 1 heterocycles. The van der Waals surface area contributed by atoms with Crippen molar-refractivity contribution in [2.75, 3.05) is 18.8 Å². The summed E-state index contributed by atoms with van der Waals surface area (Å²) in [5.41, 5.74) is 6.03. The van der Waals surface area contributed by atoms with Crippen molar-refractivity contribution in [1.82, 2.24) is 4.31 Å². The Morgan fingerprint density at radius 3 is 2.59 bits per heavy atom. The minimum Gasteiger partial charge on any atom is -0.327 e. The van der Waals surface area contributed by atoms with Gasteiger partial charge in [-0.05, 0) is 37.0 Å². The molecule has 2 N–H and O–H groups in total. The summed E-state index contributed by atoms with van der Waals surface area (Å²) in [6.45, 7) is 5.49. The maximum Gasteiger partial charge on any atom is 0.214 e. The average Bonchev–Trinajstić information content (AvgIpc) is 2.79. The second kappa shape index (κ2) is 4.86. The number of nitrogens with zero attached hydrogens (tertiary/aromatic N) is 1. The monoisotopic (exact) mass is 260 g/mol. The van der Waals surface area contributed by atoms with Crippen LogP contribution in [0.1, 0.15) is 33.1 Å². The van der Waals surface area contributed by atoms with E-state index in [0.29, 0.717) is 36.6 Å². The molecule has 1 aliphatic carbocycles. The molecule has 100 valence electrons. The van der Waals surface area contributed by atoms with Crippen LogP contribution in [0.2, 0.25) is 0 Å². The zero-order valence-electron chi connectivity index (χ0n) is 10.8. The van der Waals surface area contributed by atoms with E-state index in [-0.39, 0.29) is 6.04 Å². The van der Waals surface area contributed by atoms with Gasteiger partial charge in [0.15, 0.2) is 0 Å². The van der Waals surface area contributed by atoms with E-state index in [1.807, 2.05) is 0 Å². The molecule has 17 heavy (non-hydrogen) atoms. The maximum atomic E-state index is 12.2. The molecule has 0 spiro atoms. The number of nitrogens with two attached hydrogens (primary N) is 1. The zero-order valence-corrected chi connectivity index (χ0v) is 11.6. The molecule has 1 saturated carbocycles. The first-order valence-electron chi connectivity index (χ1n) is 6.63. The third-order valence-corrected chi connectivity index (χ3v) is 6.06. The lowest BCUT2D eigenvalue weighted by Crippen LogP contribution is -2.35. The van der Waals surface area contributed by atoms with Gasteiger partial charge in [0, 0.05) is 19.1 Å². The van der Waals surface area contributed by atoms with Gasteiger partial charge < -0.3 is 5.73 Å². The van der Waals surface area contributed by atoms with Crippen LogP contribution in [0.25, 0.3) is 0 Å². The van der Waals surface area contributed by atoms with E-state index in [0.717, 1.165) is 19.3 Å². The largest absolute Gasteiger partial charge is 0.327 e. The zero-order chi connectivity index (χ0) is 12.6. The van der Waals surface area contributed by atoms with Gasteiger partial charge in [-0.1, -0.05) is 13.8 Å². The summed E-state index contributed by atoms with van der Waals surface area (Å²) in [5.74, 6) is 1.65. The van der Waals surface area contributed by atoms with Crippen molar-refractivity contribution in [3.63, 3.8) is 0 Å². The Labute approximate surface area is 105 Å². The molecule has 0 radical (unpaired) electrons. The molecule has 3 unspecified atom stereocenters. The third kappa shape index (κ3) is 2.83. The SMILES string of the molecule is CC(C)CCS(=O)(=O)N1CC2CCC(N)C2C1. The van der Waals surface area contributed by atoms with Crippen LogP contribution < -0.4 is 5.73 Å². The second-order valence-corrected chi connectivity index (χ2v) is 8.07. The molecular weight excluding hydrogens is 236 g/mol. The fraction of sp³-hybridized carbons (Fsp3) is 1.00. The van der Waals surface area contributed by atoms with Crippen molar-refractivity contribution < 1.29 is 8.42 Å². The number of rotatable bonds is 4. The molecule has 4 nitrogen and oxygen atoms in total. The van der Waals surface area contributed by atoms with E-state index in [1.165, 1.54) is 0 Å². The number of hydrogen-bond donors (Lipinski definition) is 1. The average molecular weight is 260 g/mol. The normalized spacial score (nSPS) is 34.5. The van der Waals surface area contributed by atoms with Gasteiger partial charge in [-0.25, -0.2) is 12.7 Å². The highest BCUT2D eigenvalue weighted by Gasteiger charge is 2.44. The first-order chi connectivity index (χ1) is 7.90. The first kappa shape index (κ1) is 13.3. The predicted octanol–water partition coefficient (Wildman–Crippen LogP) is 1.03. The van der Waals surface area contributed by atoms with Gasteiger partial charge in [0.2, 0.25) is 10.0 Å². The summed E-state index contributed by atoms with van der Waals surface area (Å²) in [6.07, 6.45) is 2.91. The third-order valence-electron chi connectivity index (χ3n) is 4.23. The number of sulfonamides is 1. The second-order valence-electron chi connectivity index (χ2n) is 5.98. The number of fused-ring (bicyclic) bond motifs is 1. The molecule has 0 aromatic heterocycles. The van der Waals surface area contributed by atoms with E-state index in [9.17, 15) is 8.42 Å². The summed E-state index contributed by atoms with van der Waals surface area (Å²) < 4.78 is 26.0. The van der Waals surface area contributed by atoms with Crippen LogP contribution in [-0.2, 0) is 10.0 Å². The molecule has 2 rings (SSSR count). The van der Waals surface area contributed by atoms with Crippen molar-refractivity contribution in [2.45, 2.75) is 39.2 Å². The Kier molecular flexibility index (Phi) is 3.80. The Morgan fingerprint density at radius 2 is 2.00 bits per heavy atom.